The second kappa shape index (κ2) is 11.8. The van der Waals surface area contributed by atoms with Gasteiger partial charge in [-0.2, -0.15) is 0 Å². The van der Waals surface area contributed by atoms with E-state index in [0.29, 0.717) is 53.2 Å². The molecule has 0 unspecified atom stereocenters. The van der Waals surface area contributed by atoms with E-state index in [9.17, 15) is 19.7 Å². The Hall–Kier alpha value is -3.67. The van der Waals surface area contributed by atoms with E-state index >= 15 is 0 Å². The van der Waals surface area contributed by atoms with Crippen LogP contribution in [0.25, 0.3) is 11.3 Å². The van der Waals surface area contributed by atoms with Crippen molar-refractivity contribution >= 4 is 63.8 Å². The number of nitrogens with zero attached hydrogens (tertiary/aromatic N) is 3. The lowest BCUT2D eigenvalue weighted by Crippen LogP contribution is -2.52. The third kappa shape index (κ3) is 6.07. The summed E-state index contributed by atoms with van der Waals surface area (Å²) in [6.07, 6.45) is 0. The van der Waals surface area contributed by atoms with Crippen LogP contribution in [0.2, 0.25) is 10.0 Å². The molecule has 1 aliphatic rings. The van der Waals surface area contributed by atoms with E-state index in [0.717, 1.165) is 0 Å². The molecule has 0 radical (unpaired) electrons. The number of hydrogen-bond donors (Lipinski definition) is 1. The molecule has 4 rings (SSSR count). The number of anilines is 1. The Morgan fingerprint density at radius 2 is 1.82 bits per heavy atom. The Kier molecular flexibility index (Phi) is 8.50. The molecular formula is C25H22Cl2N4O6S. The van der Waals surface area contributed by atoms with Crippen LogP contribution >= 0.6 is 35.4 Å². The minimum absolute atomic E-state index is 0.0735. The van der Waals surface area contributed by atoms with Crippen molar-refractivity contribution in [1.82, 2.24) is 10.2 Å². The van der Waals surface area contributed by atoms with E-state index in [-0.39, 0.29) is 28.7 Å². The molecule has 0 saturated carbocycles. The Labute approximate surface area is 233 Å². The molecule has 38 heavy (non-hydrogen) atoms. The predicted octanol–water partition coefficient (Wildman–Crippen LogP) is 5.18. The first kappa shape index (κ1) is 27.4. The number of halogens is 2. The fourth-order valence-corrected chi connectivity index (χ4v) is 4.50. The van der Waals surface area contributed by atoms with E-state index in [2.05, 4.69) is 5.32 Å². The van der Waals surface area contributed by atoms with E-state index in [1.807, 2.05) is 4.90 Å². The molecule has 0 aliphatic carbocycles. The van der Waals surface area contributed by atoms with Gasteiger partial charge in [-0.25, -0.2) is 4.79 Å². The zero-order valence-electron chi connectivity index (χ0n) is 20.1. The Bertz CT molecular complexity index is 1400. The Balaban J connectivity index is 1.37. The van der Waals surface area contributed by atoms with Gasteiger partial charge in [0.15, 0.2) is 10.9 Å². The molecule has 1 fully saturated rings. The lowest BCUT2D eigenvalue weighted by atomic mass is 10.1. The standard InChI is InChI=1S/C25H22Cl2N4O6S/c1-2-36-24(33)16-4-6-19(20(14-16)31(34)35)29-9-11-30(12-10-29)25(38)28-23(32)22-8-7-21(37-22)15-3-5-17(26)18(27)13-15/h3-8,13-14H,2,9-12H2,1H3,(H,28,32,38). The van der Waals surface area contributed by atoms with E-state index in [1.54, 1.807) is 42.2 Å². The third-order valence-corrected chi connectivity index (χ3v) is 6.94. The monoisotopic (exact) mass is 576 g/mol. The molecular weight excluding hydrogens is 555 g/mol. The molecule has 1 N–H and O–H groups in total. The number of ether oxygens (including phenoxy) is 1. The number of esters is 1. The number of carbonyl (C=O) groups excluding carboxylic acids is 2. The zero-order valence-corrected chi connectivity index (χ0v) is 22.4. The van der Waals surface area contributed by atoms with Crippen LogP contribution in [-0.2, 0) is 4.74 Å². The highest BCUT2D eigenvalue weighted by atomic mass is 35.5. The highest BCUT2D eigenvalue weighted by Crippen LogP contribution is 2.31. The SMILES string of the molecule is CCOC(=O)c1ccc(N2CCN(C(=S)NC(=O)c3ccc(-c4ccc(Cl)c(Cl)c4)o3)CC2)c([N+](=O)[O-])c1. The number of carbonyl (C=O) groups is 2. The van der Waals surface area contributed by atoms with Gasteiger partial charge in [0.25, 0.3) is 11.6 Å². The molecule has 1 aliphatic heterocycles. The van der Waals surface area contributed by atoms with Crippen molar-refractivity contribution in [3.8, 4) is 11.3 Å². The van der Waals surface area contributed by atoms with Crippen molar-refractivity contribution in [3.05, 3.63) is 80.0 Å². The molecule has 3 aromatic rings. The molecule has 198 valence electrons. The Morgan fingerprint density at radius 3 is 2.47 bits per heavy atom. The molecule has 13 heteroatoms. The fraction of sp³-hybridized carbons (Fsp3) is 0.240. The van der Waals surface area contributed by atoms with Gasteiger partial charge in [-0.05, 0) is 61.6 Å². The number of nitro groups is 1. The van der Waals surface area contributed by atoms with Gasteiger partial charge in [-0.1, -0.05) is 23.2 Å². The molecule has 1 aromatic heterocycles. The second-order valence-electron chi connectivity index (χ2n) is 8.21. The highest BCUT2D eigenvalue weighted by molar-refractivity contribution is 7.80. The number of benzene rings is 2. The normalized spacial score (nSPS) is 13.2. The van der Waals surface area contributed by atoms with Gasteiger partial charge in [0.05, 0.1) is 27.1 Å². The number of nitrogens with one attached hydrogen (secondary N) is 1. The maximum absolute atomic E-state index is 12.7. The zero-order chi connectivity index (χ0) is 27.4. The molecule has 2 aromatic carbocycles. The number of hydrogen-bond acceptors (Lipinski definition) is 8. The minimum atomic E-state index is -0.617. The maximum Gasteiger partial charge on any atom is 0.338 e. The molecule has 0 spiro atoms. The van der Waals surface area contributed by atoms with Gasteiger partial charge in [0, 0.05) is 37.8 Å². The lowest BCUT2D eigenvalue weighted by molar-refractivity contribution is -0.384. The number of furan rings is 1. The van der Waals surface area contributed by atoms with Gasteiger partial charge in [0.2, 0.25) is 0 Å². The summed E-state index contributed by atoms with van der Waals surface area (Å²) in [6.45, 7) is 3.50. The van der Waals surface area contributed by atoms with Gasteiger partial charge in [-0.3, -0.25) is 20.2 Å². The first-order valence-electron chi connectivity index (χ1n) is 11.5. The summed E-state index contributed by atoms with van der Waals surface area (Å²) >= 11 is 17.4. The molecule has 0 bridgehead atoms. The summed E-state index contributed by atoms with van der Waals surface area (Å²) in [5.41, 5.74) is 0.991. The van der Waals surface area contributed by atoms with Crippen LogP contribution < -0.4 is 10.2 Å². The first-order chi connectivity index (χ1) is 18.2. The molecule has 2 heterocycles. The number of rotatable bonds is 6. The van der Waals surface area contributed by atoms with Crippen LogP contribution in [0, 0.1) is 10.1 Å². The van der Waals surface area contributed by atoms with Crippen LogP contribution in [0.5, 0.6) is 0 Å². The largest absolute Gasteiger partial charge is 0.462 e. The maximum atomic E-state index is 12.7. The van der Waals surface area contributed by atoms with Crippen LogP contribution in [0.1, 0.15) is 27.8 Å². The smallest absolute Gasteiger partial charge is 0.338 e. The number of amides is 1. The van der Waals surface area contributed by atoms with Gasteiger partial charge >= 0.3 is 5.97 Å². The summed E-state index contributed by atoms with van der Waals surface area (Å²) in [5.74, 6) is -0.601. The van der Waals surface area contributed by atoms with Crippen molar-refractivity contribution < 1.29 is 23.7 Å². The number of nitro benzene ring substituents is 1. The van der Waals surface area contributed by atoms with E-state index < -0.39 is 16.8 Å². The topological polar surface area (TPSA) is 118 Å². The minimum Gasteiger partial charge on any atom is -0.462 e. The van der Waals surface area contributed by atoms with Crippen LogP contribution in [-0.4, -0.2) is 59.6 Å². The van der Waals surface area contributed by atoms with Crippen LogP contribution in [0.3, 0.4) is 0 Å². The van der Waals surface area contributed by atoms with Crippen molar-refractivity contribution in [2.75, 3.05) is 37.7 Å². The van der Waals surface area contributed by atoms with E-state index in [4.69, 9.17) is 44.6 Å². The predicted molar refractivity (Wildman–Crippen MR) is 147 cm³/mol. The summed E-state index contributed by atoms with van der Waals surface area (Å²) in [6, 6.07) is 12.5. The average Bonchev–Trinajstić information content (AvgIpc) is 3.41. The van der Waals surface area contributed by atoms with Crippen LogP contribution in [0.15, 0.2) is 52.9 Å². The molecule has 1 saturated heterocycles. The lowest BCUT2D eigenvalue weighted by Gasteiger charge is -2.36. The third-order valence-electron chi connectivity index (χ3n) is 5.85. The molecule has 1 amide bonds. The van der Waals surface area contributed by atoms with Gasteiger partial charge < -0.3 is 19.0 Å². The Morgan fingerprint density at radius 1 is 1.08 bits per heavy atom. The quantitative estimate of drug-likeness (QED) is 0.183. The van der Waals surface area contributed by atoms with E-state index in [1.165, 1.54) is 18.2 Å². The molecule has 0 atom stereocenters. The summed E-state index contributed by atoms with van der Waals surface area (Å²) in [7, 11) is 0. The van der Waals surface area contributed by atoms with Crippen molar-refractivity contribution in [2.45, 2.75) is 6.92 Å². The summed E-state index contributed by atoms with van der Waals surface area (Å²) < 4.78 is 10.6. The van der Waals surface area contributed by atoms with Gasteiger partial charge in [-0.15, -0.1) is 0 Å². The number of piperazine rings is 1. The molecule has 10 nitrogen and oxygen atoms in total. The second-order valence-corrected chi connectivity index (χ2v) is 9.41. The summed E-state index contributed by atoms with van der Waals surface area (Å²) in [4.78, 5) is 39.5. The van der Waals surface area contributed by atoms with Gasteiger partial charge in [0.1, 0.15) is 11.4 Å². The van der Waals surface area contributed by atoms with Crippen LogP contribution in [0.4, 0.5) is 11.4 Å². The summed E-state index contributed by atoms with van der Waals surface area (Å²) in [5, 5.41) is 15.3. The van der Waals surface area contributed by atoms with Crippen molar-refractivity contribution in [1.29, 1.82) is 0 Å². The van der Waals surface area contributed by atoms with Crippen molar-refractivity contribution in [3.63, 3.8) is 0 Å². The highest BCUT2D eigenvalue weighted by Gasteiger charge is 2.27. The van der Waals surface area contributed by atoms with Crippen molar-refractivity contribution in [2.24, 2.45) is 0 Å². The average molecular weight is 577 g/mol. The first-order valence-corrected chi connectivity index (χ1v) is 12.7. The fourth-order valence-electron chi connectivity index (χ4n) is 3.93. The number of thiocarbonyl (C=S) groups is 1.